The molecule has 148 valence electrons. The van der Waals surface area contributed by atoms with Gasteiger partial charge in [0.15, 0.2) is 0 Å². The number of nitrogens with zero attached hydrogens (tertiary/aromatic N) is 2. The van der Waals surface area contributed by atoms with Crippen LogP contribution < -0.4 is 4.74 Å². The van der Waals surface area contributed by atoms with Crippen LogP contribution in [0.5, 0.6) is 11.6 Å². The molecule has 0 amide bonds. The van der Waals surface area contributed by atoms with Gasteiger partial charge in [0.25, 0.3) is 0 Å². The number of hydrogen-bond acceptors (Lipinski definition) is 4. The first-order valence-corrected chi connectivity index (χ1v) is 8.40. The Balaban J connectivity index is 1.78. The predicted octanol–water partition coefficient (Wildman–Crippen LogP) is 6.10. The topological polar surface area (TPSA) is 35.0 Å². The zero-order valence-corrected chi connectivity index (χ0v) is 14.4. The van der Waals surface area contributed by atoms with Gasteiger partial charge in [-0.15, -0.1) is 11.3 Å². The second kappa shape index (κ2) is 7.38. The molecule has 2 aromatic heterocycles. The van der Waals surface area contributed by atoms with E-state index < -0.39 is 28.6 Å². The molecule has 0 radical (unpaired) electrons. The zero-order valence-electron chi connectivity index (χ0n) is 13.6. The second-order valence-electron chi connectivity index (χ2n) is 5.58. The van der Waals surface area contributed by atoms with Gasteiger partial charge in [-0.1, -0.05) is 6.07 Å². The van der Waals surface area contributed by atoms with Crippen LogP contribution in [0.3, 0.4) is 0 Å². The minimum atomic E-state index is -4.84. The highest BCUT2D eigenvalue weighted by Gasteiger charge is 2.34. The number of aromatic nitrogens is 2. The molecular weight excluding hydrogens is 413 g/mol. The number of hydrogen-bond donors (Lipinski definition) is 0. The molecule has 0 fully saturated rings. The molecule has 0 spiro atoms. The van der Waals surface area contributed by atoms with Crippen LogP contribution in [0.4, 0.5) is 30.7 Å². The van der Waals surface area contributed by atoms with Crippen molar-refractivity contribution in [2.75, 3.05) is 0 Å². The van der Waals surface area contributed by atoms with Gasteiger partial charge in [-0.3, -0.25) is 0 Å². The van der Waals surface area contributed by atoms with E-state index in [1.54, 1.807) is 0 Å². The van der Waals surface area contributed by atoms with Gasteiger partial charge in [0, 0.05) is 23.9 Å². The van der Waals surface area contributed by atoms with E-state index >= 15 is 0 Å². The number of thiophene rings is 1. The molecule has 3 rings (SSSR count). The van der Waals surface area contributed by atoms with Crippen molar-refractivity contribution in [3.05, 3.63) is 69.6 Å². The van der Waals surface area contributed by atoms with Crippen molar-refractivity contribution >= 4 is 11.3 Å². The van der Waals surface area contributed by atoms with E-state index in [-0.39, 0.29) is 29.3 Å². The molecule has 0 saturated carbocycles. The van der Waals surface area contributed by atoms with Crippen LogP contribution >= 0.6 is 11.3 Å². The standard InChI is InChI=1S/C17H9F7N2OS/c18-13-2-1-9(4-12(13)16(19,20)21)3-10-5-15(26-8-25-10)27-11-6-14(28-7-11)17(22,23)24/h1-2,4-8H,3H2. The first kappa shape index (κ1) is 20.1. The minimum absolute atomic E-state index is 0.0744. The third-order valence-electron chi connectivity index (χ3n) is 3.50. The maximum absolute atomic E-state index is 13.4. The van der Waals surface area contributed by atoms with Crippen LogP contribution in [-0.2, 0) is 18.8 Å². The second-order valence-corrected chi connectivity index (χ2v) is 6.49. The average Bonchev–Trinajstić information content (AvgIpc) is 3.05. The molecular formula is C17H9F7N2OS. The monoisotopic (exact) mass is 422 g/mol. The van der Waals surface area contributed by atoms with Crippen molar-refractivity contribution in [1.82, 2.24) is 9.97 Å². The van der Waals surface area contributed by atoms with Gasteiger partial charge in [-0.2, -0.15) is 26.3 Å². The number of ether oxygens (including phenoxy) is 1. The quantitative estimate of drug-likeness (QED) is 0.477. The Hall–Kier alpha value is -2.69. The summed E-state index contributed by atoms with van der Waals surface area (Å²) in [4.78, 5) is 6.82. The number of alkyl halides is 6. The maximum Gasteiger partial charge on any atom is 0.425 e. The third-order valence-corrected chi connectivity index (χ3v) is 4.45. The van der Waals surface area contributed by atoms with Crippen LogP contribution in [0.2, 0.25) is 0 Å². The number of rotatable bonds is 4. The molecule has 11 heteroatoms. The molecule has 0 N–H and O–H groups in total. The van der Waals surface area contributed by atoms with Crippen LogP contribution in [0.15, 0.2) is 42.0 Å². The smallest absolute Gasteiger partial charge is 0.425 e. The lowest BCUT2D eigenvalue weighted by molar-refractivity contribution is -0.140. The van der Waals surface area contributed by atoms with Crippen molar-refractivity contribution < 1.29 is 35.5 Å². The Morgan fingerprint density at radius 3 is 2.32 bits per heavy atom. The van der Waals surface area contributed by atoms with Gasteiger partial charge < -0.3 is 4.74 Å². The fourth-order valence-electron chi connectivity index (χ4n) is 2.28. The fourth-order valence-corrected chi connectivity index (χ4v) is 2.96. The highest BCUT2D eigenvalue weighted by molar-refractivity contribution is 7.10. The van der Waals surface area contributed by atoms with E-state index in [1.807, 2.05) is 0 Å². The van der Waals surface area contributed by atoms with E-state index in [0.29, 0.717) is 23.5 Å². The first-order valence-electron chi connectivity index (χ1n) is 7.52. The molecule has 1 aromatic carbocycles. The summed E-state index contributed by atoms with van der Waals surface area (Å²) in [5.74, 6) is -1.54. The highest BCUT2D eigenvalue weighted by Crippen LogP contribution is 2.37. The molecule has 0 atom stereocenters. The summed E-state index contributed by atoms with van der Waals surface area (Å²) in [7, 11) is 0. The molecule has 2 heterocycles. The Morgan fingerprint density at radius 2 is 1.68 bits per heavy atom. The van der Waals surface area contributed by atoms with Crippen molar-refractivity contribution in [3.8, 4) is 11.6 Å². The summed E-state index contributed by atoms with van der Waals surface area (Å²) in [6.07, 6.45) is -8.35. The van der Waals surface area contributed by atoms with Gasteiger partial charge >= 0.3 is 12.4 Å². The van der Waals surface area contributed by atoms with E-state index in [4.69, 9.17) is 4.74 Å². The Kier molecular flexibility index (Phi) is 5.28. The van der Waals surface area contributed by atoms with Gasteiger partial charge in [-0.25, -0.2) is 14.4 Å². The average molecular weight is 422 g/mol. The molecule has 0 aliphatic rings. The van der Waals surface area contributed by atoms with Crippen molar-refractivity contribution in [2.45, 2.75) is 18.8 Å². The summed E-state index contributed by atoms with van der Waals surface area (Å²) in [5, 5.41) is 1.15. The number of benzene rings is 1. The molecule has 28 heavy (non-hydrogen) atoms. The third kappa shape index (κ3) is 4.77. The van der Waals surface area contributed by atoms with Crippen LogP contribution in [0.25, 0.3) is 0 Å². The fraction of sp³-hybridized carbons (Fsp3) is 0.176. The Morgan fingerprint density at radius 1 is 0.929 bits per heavy atom. The molecule has 0 unspecified atom stereocenters. The molecule has 3 nitrogen and oxygen atoms in total. The summed E-state index contributed by atoms with van der Waals surface area (Å²) in [5.41, 5.74) is -1.00. The van der Waals surface area contributed by atoms with Crippen LogP contribution in [0, 0.1) is 5.82 Å². The van der Waals surface area contributed by atoms with E-state index in [1.165, 1.54) is 12.1 Å². The van der Waals surface area contributed by atoms with E-state index in [9.17, 15) is 30.7 Å². The zero-order chi connectivity index (χ0) is 20.5. The van der Waals surface area contributed by atoms with Gasteiger partial charge in [0.05, 0.1) is 11.3 Å². The van der Waals surface area contributed by atoms with E-state index in [0.717, 1.165) is 17.8 Å². The van der Waals surface area contributed by atoms with Crippen LogP contribution in [0.1, 0.15) is 21.7 Å². The highest BCUT2D eigenvalue weighted by atomic mass is 32.1. The summed E-state index contributed by atoms with van der Waals surface area (Å²) in [6.45, 7) is 0. The summed E-state index contributed by atoms with van der Waals surface area (Å²) in [6, 6.07) is 4.65. The molecule has 0 bridgehead atoms. The van der Waals surface area contributed by atoms with Gasteiger partial charge in [0.1, 0.15) is 22.8 Å². The molecule has 3 aromatic rings. The van der Waals surface area contributed by atoms with Crippen molar-refractivity contribution in [2.24, 2.45) is 0 Å². The normalized spacial score (nSPS) is 12.2. The lowest BCUT2D eigenvalue weighted by Gasteiger charge is -2.10. The summed E-state index contributed by atoms with van der Waals surface area (Å²) < 4.78 is 94.8. The van der Waals surface area contributed by atoms with Gasteiger partial charge in [-0.05, 0) is 17.7 Å². The van der Waals surface area contributed by atoms with Crippen LogP contribution in [-0.4, -0.2) is 9.97 Å². The Labute approximate surface area is 157 Å². The molecule has 0 saturated heterocycles. The Bertz CT molecular complexity index is 982. The SMILES string of the molecule is Fc1ccc(Cc2cc(Oc3csc(C(F)(F)F)c3)ncn2)cc1C(F)(F)F. The maximum atomic E-state index is 13.4. The predicted molar refractivity (Wildman–Crippen MR) is 85.6 cm³/mol. The lowest BCUT2D eigenvalue weighted by atomic mass is 10.1. The summed E-state index contributed by atoms with van der Waals surface area (Å²) >= 11 is 0.452. The first-order chi connectivity index (χ1) is 13.0. The largest absolute Gasteiger partial charge is 0.438 e. The molecule has 0 aliphatic carbocycles. The lowest BCUT2D eigenvalue weighted by Crippen LogP contribution is -2.09. The minimum Gasteiger partial charge on any atom is -0.438 e. The van der Waals surface area contributed by atoms with E-state index in [2.05, 4.69) is 9.97 Å². The van der Waals surface area contributed by atoms with Gasteiger partial charge in [0.2, 0.25) is 5.88 Å². The van der Waals surface area contributed by atoms with Crippen molar-refractivity contribution in [1.29, 1.82) is 0 Å². The number of halogens is 7. The molecule has 0 aliphatic heterocycles. The van der Waals surface area contributed by atoms with Crippen molar-refractivity contribution in [3.63, 3.8) is 0 Å².